The van der Waals surface area contributed by atoms with E-state index in [9.17, 15) is 0 Å². The number of hydrogen-bond acceptors (Lipinski definition) is 3. The minimum Gasteiger partial charge on any atom is -0.378 e. The summed E-state index contributed by atoms with van der Waals surface area (Å²) in [5.41, 5.74) is 12.4. The number of morpholine rings is 1. The van der Waals surface area contributed by atoms with Gasteiger partial charge in [-0.25, -0.2) is 0 Å². The second kappa shape index (κ2) is 5.73. The number of rotatable bonds is 2. The third kappa shape index (κ3) is 2.92. The molecule has 5 nitrogen and oxygen atoms in total. The van der Waals surface area contributed by atoms with E-state index >= 15 is 0 Å². The van der Waals surface area contributed by atoms with Crippen molar-refractivity contribution in [3.05, 3.63) is 29.3 Å². The number of nitrogens with two attached hydrogens (primary N) is 1. The zero-order valence-electron chi connectivity index (χ0n) is 10.9. The van der Waals surface area contributed by atoms with Crippen LogP contribution in [0.25, 0.3) is 0 Å². The van der Waals surface area contributed by atoms with Crippen LogP contribution in [0.4, 0.5) is 5.69 Å². The molecule has 2 rings (SSSR count). The van der Waals surface area contributed by atoms with E-state index in [0.717, 1.165) is 29.9 Å². The Kier molecular flexibility index (Phi) is 4.04. The van der Waals surface area contributed by atoms with E-state index in [1.807, 2.05) is 11.0 Å². The Hall–Kier alpha value is -1.75. The number of nitrogens with zero attached hydrogens (tertiary/aromatic N) is 2. The lowest BCUT2D eigenvalue weighted by Gasteiger charge is -2.27. The van der Waals surface area contributed by atoms with Crippen LogP contribution in [0.15, 0.2) is 23.3 Å². The number of ether oxygens (including phenoxy) is 1. The molecule has 1 saturated heterocycles. The van der Waals surface area contributed by atoms with Gasteiger partial charge in [0.15, 0.2) is 0 Å². The smallest absolute Gasteiger partial charge is 0.214 e. The quantitative estimate of drug-likeness (QED) is 0.470. The molecule has 0 saturated carbocycles. The Morgan fingerprint density at radius 3 is 2.50 bits per heavy atom. The predicted octanol–water partition coefficient (Wildman–Crippen LogP) is 1.28. The number of aryl methyl sites for hydroxylation is 2. The van der Waals surface area contributed by atoms with Gasteiger partial charge in [0, 0.05) is 13.1 Å². The van der Waals surface area contributed by atoms with Crippen molar-refractivity contribution in [2.24, 2.45) is 10.8 Å². The van der Waals surface area contributed by atoms with E-state index in [4.69, 9.17) is 10.5 Å². The van der Waals surface area contributed by atoms with Crippen molar-refractivity contribution in [2.75, 3.05) is 31.7 Å². The van der Waals surface area contributed by atoms with Crippen molar-refractivity contribution in [2.45, 2.75) is 13.8 Å². The van der Waals surface area contributed by atoms with Crippen LogP contribution in [-0.4, -0.2) is 37.2 Å². The van der Waals surface area contributed by atoms with Crippen molar-refractivity contribution in [3.8, 4) is 0 Å². The van der Waals surface area contributed by atoms with Gasteiger partial charge >= 0.3 is 0 Å². The third-order valence-electron chi connectivity index (χ3n) is 3.10. The highest BCUT2D eigenvalue weighted by Gasteiger charge is 2.12. The van der Waals surface area contributed by atoms with E-state index in [-0.39, 0.29) is 0 Å². The summed E-state index contributed by atoms with van der Waals surface area (Å²) in [5, 5.41) is 4.25. The van der Waals surface area contributed by atoms with E-state index in [1.54, 1.807) is 0 Å². The van der Waals surface area contributed by atoms with Crippen LogP contribution >= 0.6 is 0 Å². The van der Waals surface area contributed by atoms with Gasteiger partial charge < -0.3 is 15.4 Å². The lowest BCUT2D eigenvalue weighted by Crippen LogP contribution is -2.45. The first-order valence-corrected chi connectivity index (χ1v) is 6.16. The van der Waals surface area contributed by atoms with Crippen molar-refractivity contribution in [1.82, 2.24) is 4.90 Å². The van der Waals surface area contributed by atoms with E-state index in [1.165, 1.54) is 0 Å². The summed E-state index contributed by atoms with van der Waals surface area (Å²) in [6, 6.07) is 6.14. The molecule has 1 fully saturated rings. The second-order valence-electron chi connectivity index (χ2n) is 4.45. The Morgan fingerprint density at radius 1 is 1.28 bits per heavy atom. The highest BCUT2D eigenvalue weighted by atomic mass is 16.5. The number of guanidine groups is 1. The lowest BCUT2D eigenvalue weighted by molar-refractivity contribution is 0.0675. The molecule has 18 heavy (non-hydrogen) atoms. The normalized spacial score (nSPS) is 16.8. The maximum absolute atomic E-state index is 5.95. The van der Waals surface area contributed by atoms with Gasteiger partial charge in [-0.1, -0.05) is 18.2 Å². The number of hydrogen-bond donors (Lipinski definition) is 2. The van der Waals surface area contributed by atoms with Crippen LogP contribution in [0, 0.1) is 13.8 Å². The minimum atomic E-state index is 0.515. The summed E-state index contributed by atoms with van der Waals surface area (Å²) in [6.07, 6.45) is 0. The molecule has 1 aliphatic rings. The lowest BCUT2D eigenvalue weighted by atomic mass is 10.1. The average molecular weight is 248 g/mol. The predicted molar refractivity (Wildman–Crippen MR) is 73.6 cm³/mol. The van der Waals surface area contributed by atoms with Crippen molar-refractivity contribution < 1.29 is 4.74 Å². The van der Waals surface area contributed by atoms with E-state index in [0.29, 0.717) is 19.2 Å². The fourth-order valence-corrected chi connectivity index (χ4v) is 1.97. The SMILES string of the molecule is Cc1cccc(C)c1N/N=C(\N)N1CCOCC1. The monoisotopic (exact) mass is 248 g/mol. The largest absolute Gasteiger partial charge is 0.378 e. The average Bonchev–Trinajstić information content (AvgIpc) is 2.39. The molecular formula is C13H20N4O. The fourth-order valence-electron chi connectivity index (χ4n) is 1.97. The second-order valence-corrected chi connectivity index (χ2v) is 4.45. The molecule has 3 N–H and O–H groups in total. The fraction of sp³-hybridized carbons (Fsp3) is 0.462. The Labute approximate surface area is 108 Å². The summed E-state index contributed by atoms with van der Waals surface area (Å²) in [7, 11) is 0. The van der Waals surface area contributed by atoms with E-state index in [2.05, 4.69) is 36.5 Å². The van der Waals surface area contributed by atoms with Gasteiger partial charge in [-0.3, -0.25) is 5.43 Å². The zero-order chi connectivity index (χ0) is 13.0. The summed E-state index contributed by atoms with van der Waals surface area (Å²) >= 11 is 0. The van der Waals surface area contributed by atoms with Gasteiger partial charge in [-0.15, -0.1) is 5.10 Å². The molecule has 0 radical (unpaired) electrons. The van der Waals surface area contributed by atoms with Gasteiger partial charge in [0.2, 0.25) is 5.96 Å². The molecular weight excluding hydrogens is 228 g/mol. The summed E-state index contributed by atoms with van der Waals surface area (Å²) in [6.45, 7) is 7.11. The van der Waals surface area contributed by atoms with Gasteiger partial charge in [-0.05, 0) is 25.0 Å². The van der Waals surface area contributed by atoms with Crippen LogP contribution in [0.1, 0.15) is 11.1 Å². The number of nitrogens with one attached hydrogen (secondary N) is 1. The molecule has 1 aromatic rings. The summed E-state index contributed by atoms with van der Waals surface area (Å²) in [4.78, 5) is 2.02. The maximum atomic E-state index is 5.95. The van der Waals surface area contributed by atoms with Crippen LogP contribution in [0.2, 0.25) is 0 Å². The molecule has 5 heteroatoms. The van der Waals surface area contributed by atoms with Gasteiger partial charge in [0.05, 0.1) is 18.9 Å². The molecule has 0 atom stereocenters. The maximum Gasteiger partial charge on any atom is 0.214 e. The number of benzene rings is 1. The highest BCUT2D eigenvalue weighted by molar-refractivity contribution is 5.79. The van der Waals surface area contributed by atoms with Gasteiger partial charge in [0.1, 0.15) is 0 Å². The Bertz CT molecular complexity index is 418. The van der Waals surface area contributed by atoms with E-state index < -0.39 is 0 Å². The first-order chi connectivity index (χ1) is 8.68. The number of para-hydroxylation sites is 1. The summed E-state index contributed by atoms with van der Waals surface area (Å²) < 4.78 is 5.28. The molecule has 0 aliphatic carbocycles. The zero-order valence-corrected chi connectivity index (χ0v) is 10.9. The standard InChI is InChI=1S/C13H20N4O/c1-10-4-3-5-11(2)12(10)15-16-13(14)17-6-8-18-9-7-17/h3-5,15H,6-9H2,1-2H3,(H2,14,16). The molecule has 0 bridgehead atoms. The number of hydrazone groups is 1. The van der Waals surface area contributed by atoms with Crippen LogP contribution < -0.4 is 11.2 Å². The molecule has 98 valence electrons. The number of anilines is 1. The molecule has 0 unspecified atom stereocenters. The van der Waals surface area contributed by atoms with Crippen LogP contribution in [0.5, 0.6) is 0 Å². The van der Waals surface area contributed by atoms with Crippen molar-refractivity contribution >= 4 is 11.6 Å². The molecule has 1 aliphatic heterocycles. The highest BCUT2D eigenvalue weighted by Crippen LogP contribution is 2.19. The summed E-state index contributed by atoms with van der Waals surface area (Å²) in [5.74, 6) is 0.515. The first kappa shape index (κ1) is 12.7. The minimum absolute atomic E-state index is 0.515. The third-order valence-corrected chi connectivity index (χ3v) is 3.10. The molecule has 0 aromatic heterocycles. The Morgan fingerprint density at radius 2 is 1.89 bits per heavy atom. The van der Waals surface area contributed by atoms with Crippen LogP contribution in [0.3, 0.4) is 0 Å². The molecule has 0 spiro atoms. The van der Waals surface area contributed by atoms with Gasteiger partial charge in [0.25, 0.3) is 0 Å². The molecule has 1 aromatic carbocycles. The molecule has 1 heterocycles. The molecule has 0 amide bonds. The topological polar surface area (TPSA) is 62.9 Å². The Balaban J connectivity index is 2.05. The van der Waals surface area contributed by atoms with Crippen molar-refractivity contribution in [3.63, 3.8) is 0 Å². The first-order valence-electron chi connectivity index (χ1n) is 6.16. The van der Waals surface area contributed by atoms with Crippen LogP contribution in [-0.2, 0) is 4.74 Å². The van der Waals surface area contributed by atoms with Crippen molar-refractivity contribution in [1.29, 1.82) is 0 Å². The van der Waals surface area contributed by atoms with Gasteiger partial charge in [-0.2, -0.15) is 0 Å².